The molecule has 0 saturated heterocycles. The van der Waals surface area contributed by atoms with E-state index in [1.165, 1.54) is 12.8 Å². The van der Waals surface area contributed by atoms with Gasteiger partial charge in [0.1, 0.15) is 5.75 Å². The van der Waals surface area contributed by atoms with Gasteiger partial charge >= 0.3 is 0 Å². The second kappa shape index (κ2) is 7.09. The Bertz CT molecular complexity index is 357. The molecule has 0 radical (unpaired) electrons. The van der Waals surface area contributed by atoms with Crippen molar-refractivity contribution in [2.45, 2.75) is 46.0 Å². The first-order valence-electron chi connectivity index (χ1n) is 6.13. The summed E-state index contributed by atoms with van der Waals surface area (Å²) >= 11 is 0. The summed E-state index contributed by atoms with van der Waals surface area (Å²) in [5.74, 6) is 0.752. The number of ether oxygens (including phenoxy) is 1. The summed E-state index contributed by atoms with van der Waals surface area (Å²) in [6.45, 7) is 4.93. The molecule has 0 amide bonds. The third-order valence-corrected chi connectivity index (χ3v) is 2.53. The number of aromatic nitrogens is 1. The molecule has 0 atom stereocenters. The van der Waals surface area contributed by atoms with Gasteiger partial charge in [0.05, 0.1) is 12.2 Å². The van der Waals surface area contributed by atoms with Crippen molar-refractivity contribution in [2.24, 2.45) is 0 Å². The van der Waals surface area contributed by atoms with Gasteiger partial charge in [0.25, 0.3) is 5.56 Å². The van der Waals surface area contributed by atoms with Gasteiger partial charge in [-0.1, -0.05) is 33.1 Å². The second-order valence-electron chi connectivity index (χ2n) is 3.96. The Morgan fingerprint density at radius 1 is 1.25 bits per heavy atom. The third kappa shape index (κ3) is 3.72. The zero-order valence-electron chi connectivity index (χ0n) is 10.2. The number of rotatable bonds is 7. The van der Waals surface area contributed by atoms with E-state index in [1.54, 1.807) is 6.20 Å². The molecule has 1 aromatic heterocycles. The highest BCUT2D eigenvalue weighted by Gasteiger charge is 2.06. The number of hydrogen-bond donors (Lipinski definition) is 1. The molecule has 3 nitrogen and oxygen atoms in total. The van der Waals surface area contributed by atoms with Crippen molar-refractivity contribution in [3.05, 3.63) is 28.2 Å². The lowest BCUT2D eigenvalue weighted by molar-refractivity contribution is 0.302. The van der Waals surface area contributed by atoms with Crippen LogP contribution in [0.4, 0.5) is 0 Å². The Hall–Kier alpha value is -1.25. The molecule has 0 fully saturated rings. The zero-order chi connectivity index (χ0) is 11.8. The zero-order valence-corrected chi connectivity index (χ0v) is 10.2. The molecular weight excluding hydrogens is 202 g/mol. The topological polar surface area (TPSA) is 42.1 Å². The minimum absolute atomic E-state index is 0.0187. The third-order valence-electron chi connectivity index (χ3n) is 2.53. The van der Waals surface area contributed by atoms with Crippen molar-refractivity contribution < 1.29 is 4.74 Å². The first-order chi connectivity index (χ1) is 7.79. The van der Waals surface area contributed by atoms with Crippen LogP contribution in [0, 0.1) is 0 Å². The van der Waals surface area contributed by atoms with Gasteiger partial charge in [0, 0.05) is 6.20 Å². The lowest BCUT2D eigenvalue weighted by Gasteiger charge is -2.09. The summed E-state index contributed by atoms with van der Waals surface area (Å²) < 4.78 is 5.65. The molecule has 90 valence electrons. The molecule has 1 N–H and O–H groups in total. The summed E-state index contributed by atoms with van der Waals surface area (Å²) in [7, 11) is 0. The van der Waals surface area contributed by atoms with Gasteiger partial charge in [-0.2, -0.15) is 0 Å². The molecule has 1 rings (SSSR count). The maximum atomic E-state index is 11.6. The number of nitrogens with one attached hydrogen (secondary N) is 1. The summed E-state index contributed by atoms with van der Waals surface area (Å²) in [6.07, 6.45) is 6.79. The van der Waals surface area contributed by atoms with Gasteiger partial charge in [-0.05, 0) is 18.9 Å². The number of pyridine rings is 1. The van der Waals surface area contributed by atoms with Crippen LogP contribution in [0.2, 0.25) is 0 Å². The van der Waals surface area contributed by atoms with E-state index in [0.29, 0.717) is 6.61 Å². The molecular formula is C13H21NO2. The molecule has 16 heavy (non-hydrogen) atoms. The van der Waals surface area contributed by atoms with Crippen molar-refractivity contribution in [2.75, 3.05) is 6.61 Å². The highest BCUT2D eigenvalue weighted by atomic mass is 16.5. The summed E-state index contributed by atoms with van der Waals surface area (Å²) in [5, 5.41) is 0. The van der Waals surface area contributed by atoms with E-state index < -0.39 is 0 Å². The number of aromatic amines is 1. The number of hydrogen-bond acceptors (Lipinski definition) is 2. The number of H-pyrrole nitrogens is 1. The van der Waals surface area contributed by atoms with Gasteiger partial charge in [-0.15, -0.1) is 0 Å². The predicted molar refractivity (Wildman–Crippen MR) is 66.1 cm³/mol. The normalized spacial score (nSPS) is 10.4. The smallest absolute Gasteiger partial charge is 0.254 e. The van der Waals surface area contributed by atoms with E-state index in [1.807, 2.05) is 6.07 Å². The van der Waals surface area contributed by atoms with Crippen molar-refractivity contribution >= 4 is 0 Å². The summed E-state index contributed by atoms with van der Waals surface area (Å²) in [4.78, 5) is 14.3. The fourth-order valence-electron chi connectivity index (χ4n) is 1.65. The summed E-state index contributed by atoms with van der Waals surface area (Å²) in [6, 6.07) is 1.85. The monoisotopic (exact) mass is 223 g/mol. The molecule has 0 aliphatic heterocycles. The van der Waals surface area contributed by atoms with Crippen LogP contribution >= 0.6 is 0 Å². The Morgan fingerprint density at radius 2 is 2.06 bits per heavy atom. The molecule has 3 heteroatoms. The lowest BCUT2D eigenvalue weighted by Crippen LogP contribution is -2.14. The van der Waals surface area contributed by atoms with Crippen LogP contribution in [0.1, 0.15) is 45.1 Å². The van der Waals surface area contributed by atoms with E-state index in [0.717, 1.165) is 30.6 Å². The van der Waals surface area contributed by atoms with Gasteiger partial charge in [-0.3, -0.25) is 4.79 Å². The van der Waals surface area contributed by atoms with Gasteiger partial charge in [0.2, 0.25) is 0 Å². The van der Waals surface area contributed by atoms with Crippen LogP contribution in [0.3, 0.4) is 0 Å². The minimum atomic E-state index is -0.0187. The van der Waals surface area contributed by atoms with Crippen LogP contribution in [-0.2, 0) is 6.42 Å². The first-order valence-corrected chi connectivity index (χ1v) is 6.13. The second-order valence-corrected chi connectivity index (χ2v) is 3.96. The van der Waals surface area contributed by atoms with Gasteiger partial charge in [0.15, 0.2) is 0 Å². The van der Waals surface area contributed by atoms with Crippen LogP contribution in [0.5, 0.6) is 5.75 Å². The Kier molecular flexibility index (Phi) is 5.68. The fourth-order valence-corrected chi connectivity index (χ4v) is 1.65. The van der Waals surface area contributed by atoms with E-state index in [2.05, 4.69) is 18.8 Å². The van der Waals surface area contributed by atoms with Gasteiger partial charge in [-0.25, -0.2) is 0 Å². The number of unbranched alkanes of at least 4 members (excludes halogenated alkanes) is 2. The van der Waals surface area contributed by atoms with Crippen molar-refractivity contribution in [3.63, 3.8) is 0 Å². The molecule has 0 aliphatic rings. The van der Waals surface area contributed by atoms with Crippen molar-refractivity contribution in [1.82, 2.24) is 4.98 Å². The van der Waals surface area contributed by atoms with Crippen LogP contribution in [-0.4, -0.2) is 11.6 Å². The molecule has 0 spiro atoms. The van der Waals surface area contributed by atoms with Crippen LogP contribution in [0.15, 0.2) is 17.1 Å². The minimum Gasteiger partial charge on any atom is -0.493 e. The predicted octanol–water partition coefficient (Wildman–Crippen LogP) is 2.90. The maximum absolute atomic E-state index is 11.6. The standard InChI is InChI=1S/C13H21NO2/c1-3-5-6-10-16-12-8-9-14-13(15)11(12)7-4-2/h8-9H,3-7,10H2,1-2H3,(H,14,15). The first kappa shape index (κ1) is 12.8. The highest BCUT2D eigenvalue weighted by molar-refractivity contribution is 5.30. The van der Waals surface area contributed by atoms with E-state index in [-0.39, 0.29) is 5.56 Å². The molecule has 0 unspecified atom stereocenters. The maximum Gasteiger partial charge on any atom is 0.254 e. The Labute approximate surface area is 96.8 Å². The van der Waals surface area contributed by atoms with Gasteiger partial charge < -0.3 is 9.72 Å². The molecule has 0 aliphatic carbocycles. The molecule has 0 aromatic carbocycles. The molecule has 1 heterocycles. The Balaban J connectivity index is 2.63. The Morgan fingerprint density at radius 3 is 2.75 bits per heavy atom. The summed E-state index contributed by atoms with van der Waals surface area (Å²) in [5.41, 5.74) is 0.760. The van der Waals surface area contributed by atoms with E-state index >= 15 is 0 Å². The van der Waals surface area contributed by atoms with E-state index in [9.17, 15) is 4.79 Å². The van der Waals surface area contributed by atoms with Crippen LogP contribution < -0.4 is 10.3 Å². The average molecular weight is 223 g/mol. The van der Waals surface area contributed by atoms with Crippen molar-refractivity contribution in [3.8, 4) is 5.75 Å². The fraction of sp³-hybridized carbons (Fsp3) is 0.615. The average Bonchev–Trinajstić information content (AvgIpc) is 2.29. The lowest BCUT2D eigenvalue weighted by atomic mass is 10.1. The van der Waals surface area contributed by atoms with Crippen LogP contribution in [0.25, 0.3) is 0 Å². The van der Waals surface area contributed by atoms with E-state index in [4.69, 9.17) is 4.74 Å². The quantitative estimate of drug-likeness (QED) is 0.722. The highest BCUT2D eigenvalue weighted by Crippen LogP contribution is 2.15. The molecule has 0 saturated carbocycles. The largest absolute Gasteiger partial charge is 0.493 e. The SMILES string of the molecule is CCCCCOc1cc[nH]c(=O)c1CCC. The molecule has 0 bridgehead atoms. The van der Waals surface area contributed by atoms with Crippen molar-refractivity contribution in [1.29, 1.82) is 0 Å². The molecule has 1 aromatic rings.